The molecule has 0 aliphatic carbocycles. The van der Waals surface area contributed by atoms with Crippen LogP contribution in [0.1, 0.15) is 27.7 Å². The molecule has 0 amide bonds. The van der Waals surface area contributed by atoms with Gasteiger partial charge in [-0.25, -0.2) is 0 Å². The molecule has 1 aliphatic heterocycles. The SMILES string of the molecule is CC(C)(O)C(C)(C)OBc1cccc2c1[Si](C)(C)c1ccccc1-2. The van der Waals surface area contributed by atoms with E-state index >= 15 is 0 Å². The quantitative estimate of drug-likeness (QED) is 0.865. The maximum atomic E-state index is 10.3. The molecular formula is C20H27BO2Si. The van der Waals surface area contributed by atoms with E-state index in [2.05, 4.69) is 55.6 Å². The van der Waals surface area contributed by atoms with Crippen molar-refractivity contribution in [2.24, 2.45) is 0 Å². The first-order chi connectivity index (χ1) is 11.1. The van der Waals surface area contributed by atoms with E-state index in [0.29, 0.717) is 7.48 Å². The standard InChI is InChI=1S/C20H27BO2Si/c1-19(2,22)20(3,4)23-21-16-12-9-11-15-14-10-7-8-13-17(14)24(5,6)18(15)16/h7-13,21-22H,1-6H3. The summed E-state index contributed by atoms with van der Waals surface area (Å²) < 4.78 is 6.17. The van der Waals surface area contributed by atoms with Gasteiger partial charge < -0.3 is 9.76 Å². The summed E-state index contributed by atoms with van der Waals surface area (Å²) in [6, 6.07) is 15.3. The summed E-state index contributed by atoms with van der Waals surface area (Å²) in [5.74, 6) is 0. The van der Waals surface area contributed by atoms with E-state index in [1.54, 1.807) is 13.8 Å². The van der Waals surface area contributed by atoms with E-state index in [9.17, 15) is 5.11 Å². The second-order valence-electron chi connectivity index (χ2n) is 8.37. The van der Waals surface area contributed by atoms with Crippen LogP contribution in [-0.2, 0) is 4.65 Å². The smallest absolute Gasteiger partial charge is 0.309 e. The highest BCUT2D eigenvalue weighted by Gasteiger charge is 2.40. The topological polar surface area (TPSA) is 29.5 Å². The Kier molecular flexibility index (Phi) is 4.06. The predicted octanol–water partition coefficient (Wildman–Crippen LogP) is 2.03. The van der Waals surface area contributed by atoms with E-state index in [0.717, 1.165) is 0 Å². The summed E-state index contributed by atoms with van der Waals surface area (Å²) >= 11 is 0. The number of fused-ring (bicyclic) bond motifs is 3. The lowest BCUT2D eigenvalue weighted by Gasteiger charge is -2.38. The van der Waals surface area contributed by atoms with Gasteiger partial charge in [0.1, 0.15) is 8.07 Å². The average Bonchev–Trinajstić information content (AvgIpc) is 2.74. The van der Waals surface area contributed by atoms with E-state index in [-0.39, 0.29) is 0 Å². The predicted molar refractivity (Wildman–Crippen MR) is 107 cm³/mol. The molecule has 0 spiro atoms. The van der Waals surface area contributed by atoms with Gasteiger partial charge in [-0.15, -0.1) is 0 Å². The van der Waals surface area contributed by atoms with Crippen LogP contribution in [0.15, 0.2) is 42.5 Å². The van der Waals surface area contributed by atoms with Gasteiger partial charge in [0.05, 0.1) is 11.2 Å². The Balaban J connectivity index is 2.00. The second-order valence-corrected chi connectivity index (χ2v) is 12.7. The number of rotatable bonds is 4. The molecule has 0 aromatic heterocycles. The van der Waals surface area contributed by atoms with Crippen LogP contribution in [-0.4, -0.2) is 31.9 Å². The largest absolute Gasteiger partial charge is 0.427 e. The zero-order valence-electron chi connectivity index (χ0n) is 15.6. The summed E-state index contributed by atoms with van der Waals surface area (Å²) in [4.78, 5) is 0. The van der Waals surface area contributed by atoms with Crippen LogP contribution in [0.2, 0.25) is 13.1 Å². The van der Waals surface area contributed by atoms with Crippen molar-refractivity contribution in [2.75, 3.05) is 0 Å². The number of aliphatic hydroxyl groups is 1. The zero-order chi connectivity index (χ0) is 17.8. The number of benzene rings is 2. The molecule has 0 radical (unpaired) electrons. The molecule has 3 rings (SSSR count). The first kappa shape index (κ1) is 17.5. The van der Waals surface area contributed by atoms with Crippen LogP contribution in [0.5, 0.6) is 0 Å². The lowest BCUT2D eigenvalue weighted by molar-refractivity contribution is -0.0893. The molecule has 1 heterocycles. The molecule has 0 bridgehead atoms. The molecule has 2 nitrogen and oxygen atoms in total. The molecule has 0 fully saturated rings. The van der Waals surface area contributed by atoms with E-state index < -0.39 is 19.3 Å². The summed E-state index contributed by atoms with van der Waals surface area (Å²) in [5.41, 5.74) is 2.52. The van der Waals surface area contributed by atoms with Gasteiger partial charge in [0.2, 0.25) is 0 Å². The van der Waals surface area contributed by atoms with Crippen molar-refractivity contribution in [3.63, 3.8) is 0 Å². The molecule has 1 aliphatic rings. The Morgan fingerprint density at radius 3 is 2.21 bits per heavy atom. The van der Waals surface area contributed by atoms with Crippen molar-refractivity contribution in [3.8, 4) is 11.1 Å². The van der Waals surface area contributed by atoms with E-state index in [1.165, 1.54) is 27.0 Å². The van der Waals surface area contributed by atoms with E-state index in [1.807, 2.05) is 13.8 Å². The summed E-state index contributed by atoms with van der Waals surface area (Å²) in [6.45, 7) is 12.3. The minimum atomic E-state index is -1.71. The van der Waals surface area contributed by atoms with Crippen LogP contribution in [0.25, 0.3) is 11.1 Å². The van der Waals surface area contributed by atoms with Crippen LogP contribution >= 0.6 is 0 Å². The number of hydrogen-bond donors (Lipinski definition) is 1. The van der Waals surface area contributed by atoms with Crippen molar-refractivity contribution >= 4 is 31.4 Å². The Hall–Kier alpha value is -1.36. The summed E-state index contributed by atoms with van der Waals surface area (Å²) in [5, 5.41) is 13.3. The van der Waals surface area contributed by atoms with Crippen molar-refractivity contribution in [1.82, 2.24) is 0 Å². The molecule has 24 heavy (non-hydrogen) atoms. The minimum absolute atomic E-state index is 0.532. The first-order valence-corrected chi connectivity index (χ1v) is 11.6. The van der Waals surface area contributed by atoms with Crippen LogP contribution in [0.4, 0.5) is 0 Å². The van der Waals surface area contributed by atoms with Gasteiger partial charge in [-0.2, -0.15) is 0 Å². The normalized spacial score (nSPS) is 15.8. The zero-order valence-corrected chi connectivity index (χ0v) is 16.6. The van der Waals surface area contributed by atoms with E-state index in [4.69, 9.17) is 4.65 Å². The molecule has 1 N–H and O–H groups in total. The first-order valence-electron chi connectivity index (χ1n) is 8.64. The molecule has 126 valence electrons. The third kappa shape index (κ3) is 2.67. The van der Waals surface area contributed by atoms with Gasteiger partial charge in [0.25, 0.3) is 0 Å². The Morgan fingerprint density at radius 1 is 0.917 bits per heavy atom. The van der Waals surface area contributed by atoms with Gasteiger partial charge in [0.15, 0.2) is 0 Å². The third-order valence-electron chi connectivity index (χ3n) is 5.73. The van der Waals surface area contributed by atoms with Crippen molar-refractivity contribution in [1.29, 1.82) is 0 Å². The molecule has 0 saturated carbocycles. The fourth-order valence-electron chi connectivity index (χ4n) is 3.52. The maximum Gasteiger partial charge on any atom is 0.309 e. The molecule has 0 saturated heterocycles. The van der Waals surface area contributed by atoms with Gasteiger partial charge in [-0.05, 0) is 49.2 Å². The van der Waals surface area contributed by atoms with Gasteiger partial charge in [-0.3, -0.25) is 0 Å². The summed E-state index contributed by atoms with van der Waals surface area (Å²) in [7, 11) is -1.18. The molecule has 4 heteroatoms. The fourth-order valence-corrected chi connectivity index (χ4v) is 7.04. The van der Waals surface area contributed by atoms with Crippen molar-refractivity contribution in [3.05, 3.63) is 42.5 Å². The highest BCUT2D eigenvalue weighted by Crippen LogP contribution is 2.28. The van der Waals surface area contributed by atoms with Crippen LogP contribution in [0.3, 0.4) is 0 Å². The highest BCUT2D eigenvalue weighted by atomic mass is 28.3. The molecule has 0 atom stereocenters. The Labute approximate surface area is 147 Å². The van der Waals surface area contributed by atoms with Crippen LogP contribution < -0.4 is 15.8 Å². The number of hydrogen-bond acceptors (Lipinski definition) is 2. The van der Waals surface area contributed by atoms with Crippen molar-refractivity contribution in [2.45, 2.75) is 52.0 Å². The molecular weight excluding hydrogens is 311 g/mol. The second kappa shape index (κ2) is 5.58. The Bertz CT molecular complexity index is 775. The maximum absolute atomic E-state index is 10.3. The lowest BCUT2D eigenvalue weighted by atomic mass is 9.81. The van der Waals surface area contributed by atoms with Crippen molar-refractivity contribution < 1.29 is 9.76 Å². The van der Waals surface area contributed by atoms with Gasteiger partial charge in [-0.1, -0.05) is 61.0 Å². The minimum Gasteiger partial charge on any atom is -0.427 e. The van der Waals surface area contributed by atoms with Gasteiger partial charge in [0, 0.05) is 0 Å². The molecule has 0 unspecified atom stereocenters. The Morgan fingerprint density at radius 2 is 1.54 bits per heavy atom. The monoisotopic (exact) mass is 338 g/mol. The third-order valence-corrected chi connectivity index (χ3v) is 9.35. The van der Waals surface area contributed by atoms with Gasteiger partial charge >= 0.3 is 7.48 Å². The molecule has 2 aromatic carbocycles. The highest BCUT2D eigenvalue weighted by molar-refractivity contribution is 7.05. The summed E-state index contributed by atoms with van der Waals surface area (Å²) in [6.07, 6.45) is 0. The molecule has 2 aromatic rings. The average molecular weight is 338 g/mol. The van der Waals surface area contributed by atoms with Crippen LogP contribution in [0, 0.1) is 0 Å². The lowest BCUT2D eigenvalue weighted by Crippen LogP contribution is -2.57. The fraction of sp³-hybridized carbons (Fsp3) is 0.400.